The largest absolute Gasteiger partial charge is 0.492 e. The first kappa shape index (κ1) is 24.2. The van der Waals surface area contributed by atoms with E-state index in [-0.39, 0.29) is 23.4 Å². The van der Waals surface area contributed by atoms with E-state index < -0.39 is 10.0 Å². The molecule has 0 N–H and O–H groups in total. The van der Waals surface area contributed by atoms with Crippen LogP contribution in [0.4, 0.5) is 11.4 Å². The summed E-state index contributed by atoms with van der Waals surface area (Å²) in [6.45, 7) is 3.85. The van der Waals surface area contributed by atoms with Crippen molar-refractivity contribution in [3.63, 3.8) is 0 Å². The Labute approximate surface area is 205 Å². The van der Waals surface area contributed by atoms with Crippen LogP contribution in [-0.4, -0.2) is 39.8 Å². The van der Waals surface area contributed by atoms with Gasteiger partial charge in [0.1, 0.15) is 12.3 Å². The van der Waals surface area contributed by atoms with Crippen LogP contribution in [0.25, 0.3) is 0 Å². The van der Waals surface area contributed by atoms with Crippen LogP contribution in [0, 0.1) is 0 Å². The number of benzene rings is 3. The van der Waals surface area contributed by atoms with Gasteiger partial charge in [-0.3, -0.25) is 9.10 Å². The summed E-state index contributed by atoms with van der Waals surface area (Å²) in [5.74, 6) is 0.130. The molecule has 3 aromatic carbocycles. The second-order valence-electron chi connectivity index (χ2n) is 8.03. The lowest BCUT2D eigenvalue weighted by atomic mass is 10.1. The minimum absolute atomic E-state index is 0.0579. The summed E-state index contributed by atoms with van der Waals surface area (Å²) >= 11 is 1.53. The van der Waals surface area contributed by atoms with Gasteiger partial charge in [-0.05, 0) is 74.6 Å². The highest BCUT2D eigenvalue weighted by Crippen LogP contribution is 2.35. The van der Waals surface area contributed by atoms with Crippen LogP contribution in [-0.2, 0) is 21.2 Å². The first-order chi connectivity index (χ1) is 16.4. The second-order valence-corrected chi connectivity index (χ2v) is 10.8. The van der Waals surface area contributed by atoms with E-state index in [0.29, 0.717) is 18.0 Å². The zero-order valence-corrected chi connectivity index (χ0v) is 21.1. The van der Waals surface area contributed by atoms with Gasteiger partial charge in [-0.15, -0.1) is 11.8 Å². The average molecular weight is 497 g/mol. The van der Waals surface area contributed by atoms with Crippen LogP contribution in [0.15, 0.2) is 82.6 Å². The number of ether oxygens (including phenoxy) is 1. The molecule has 0 aliphatic carbocycles. The molecule has 0 saturated carbocycles. The Bertz CT molecular complexity index is 1280. The Morgan fingerprint density at radius 2 is 1.74 bits per heavy atom. The number of sulfonamides is 1. The number of carbonyl (C=O) groups excluding carboxylic acids is 1. The molecule has 0 spiro atoms. The molecule has 1 aliphatic heterocycles. The van der Waals surface area contributed by atoms with E-state index in [9.17, 15) is 13.2 Å². The summed E-state index contributed by atoms with van der Waals surface area (Å²) in [7, 11) is -4.04. The van der Waals surface area contributed by atoms with Crippen molar-refractivity contribution in [2.45, 2.75) is 36.1 Å². The number of nitrogens with zero attached hydrogens (tertiary/aromatic N) is 2. The highest BCUT2D eigenvalue weighted by Gasteiger charge is 2.35. The third-order valence-electron chi connectivity index (χ3n) is 5.84. The molecular formula is C26H28N2O4S2. The van der Waals surface area contributed by atoms with Crippen molar-refractivity contribution in [1.29, 1.82) is 0 Å². The predicted molar refractivity (Wildman–Crippen MR) is 137 cm³/mol. The number of anilines is 2. The van der Waals surface area contributed by atoms with Crippen molar-refractivity contribution in [3.05, 3.63) is 78.4 Å². The number of hydrogen-bond donors (Lipinski definition) is 0. The molecule has 1 aliphatic rings. The molecule has 6 nitrogen and oxygen atoms in total. The fourth-order valence-electron chi connectivity index (χ4n) is 4.26. The Hall–Kier alpha value is -2.97. The van der Waals surface area contributed by atoms with Crippen LogP contribution in [0.1, 0.15) is 19.4 Å². The minimum atomic E-state index is -4.04. The molecule has 4 rings (SSSR count). The van der Waals surface area contributed by atoms with Crippen molar-refractivity contribution in [2.75, 3.05) is 28.6 Å². The number of rotatable bonds is 8. The van der Waals surface area contributed by atoms with Gasteiger partial charge in [0.15, 0.2) is 0 Å². The van der Waals surface area contributed by atoms with Crippen LogP contribution in [0.3, 0.4) is 0 Å². The third kappa shape index (κ3) is 4.65. The topological polar surface area (TPSA) is 66.9 Å². The molecule has 0 unspecified atom stereocenters. The van der Waals surface area contributed by atoms with Gasteiger partial charge in [0.25, 0.3) is 10.0 Å². The van der Waals surface area contributed by atoms with E-state index in [1.54, 1.807) is 53.4 Å². The molecule has 1 heterocycles. The Kier molecular flexibility index (Phi) is 7.19. The van der Waals surface area contributed by atoms with Gasteiger partial charge in [-0.25, -0.2) is 8.42 Å². The molecule has 0 fully saturated rings. The summed E-state index contributed by atoms with van der Waals surface area (Å²) in [6.07, 6.45) is 2.67. The van der Waals surface area contributed by atoms with E-state index in [4.69, 9.17) is 4.74 Å². The first-order valence-electron chi connectivity index (χ1n) is 11.2. The molecule has 0 aromatic heterocycles. The Balaban J connectivity index is 1.76. The summed E-state index contributed by atoms with van der Waals surface area (Å²) < 4.78 is 34.6. The smallest absolute Gasteiger partial charge is 0.264 e. The Morgan fingerprint density at radius 1 is 1.06 bits per heavy atom. The number of para-hydroxylation sites is 3. The average Bonchev–Trinajstić information content (AvgIpc) is 3.19. The van der Waals surface area contributed by atoms with E-state index in [1.807, 2.05) is 44.4 Å². The number of carbonyl (C=O) groups is 1. The SMILES string of the molecule is CCOc1ccccc1N(CC(=O)N1c2ccccc2C[C@@H]1C)S(=O)(=O)c1ccc(SC)cc1. The highest BCUT2D eigenvalue weighted by atomic mass is 32.2. The lowest BCUT2D eigenvalue weighted by Crippen LogP contribution is -2.45. The summed E-state index contributed by atoms with van der Waals surface area (Å²) in [6, 6.07) is 21.3. The highest BCUT2D eigenvalue weighted by molar-refractivity contribution is 7.98. The molecule has 8 heteroatoms. The van der Waals surface area contributed by atoms with Crippen LogP contribution in [0.5, 0.6) is 5.75 Å². The first-order valence-corrected chi connectivity index (χ1v) is 13.8. The molecule has 1 amide bonds. The Morgan fingerprint density at radius 3 is 2.44 bits per heavy atom. The third-order valence-corrected chi connectivity index (χ3v) is 8.35. The van der Waals surface area contributed by atoms with Gasteiger partial charge in [-0.1, -0.05) is 30.3 Å². The molecule has 0 bridgehead atoms. The number of amides is 1. The fraction of sp³-hybridized carbons (Fsp3) is 0.269. The van der Waals surface area contributed by atoms with Gasteiger partial charge < -0.3 is 9.64 Å². The van der Waals surface area contributed by atoms with Crippen molar-refractivity contribution in [1.82, 2.24) is 0 Å². The second kappa shape index (κ2) is 10.1. The van der Waals surface area contributed by atoms with E-state index >= 15 is 0 Å². The molecule has 178 valence electrons. The van der Waals surface area contributed by atoms with Gasteiger partial charge in [-0.2, -0.15) is 0 Å². The molecule has 3 aromatic rings. The summed E-state index contributed by atoms with van der Waals surface area (Å²) in [4.78, 5) is 16.4. The van der Waals surface area contributed by atoms with E-state index in [0.717, 1.165) is 22.6 Å². The summed E-state index contributed by atoms with van der Waals surface area (Å²) in [5.41, 5.74) is 2.26. The molecule has 0 radical (unpaired) electrons. The zero-order valence-electron chi connectivity index (χ0n) is 19.5. The number of hydrogen-bond acceptors (Lipinski definition) is 5. The fourth-order valence-corrected chi connectivity index (χ4v) is 6.09. The zero-order chi connectivity index (χ0) is 24.3. The van der Waals surface area contributed by atoms with Crippen molar-refractivity contribution < 1.29 is 17.9 Å². The number of fused-ring (bicyclic) bond motifs is 1. The molecule has 0 saturated heterocycles. The van der Waals surface area contributed by atoms with Gasteiger partial charge in [0.05, 0.1) is 17.2 Å². The normalized spacial score (nSPS) is 15.1. The number of thioether (sulfide) groups is 1. The van der Waals surface area contributed by atoms with Gasteiger partial charge in [0, 0.05) is 16.6 Å². The van der Waals surface area contributed by atoms with E-state index in [1.165, 1.54) is 16.1 Å². The maximum atomic E-state index is 13.9. The summed E-state index contributed by atoms with van der Waals surface area (Å²) in [5, 5.41) is 0. The van der Waals surface area contributed by atoms with E-state index in [2.05, 4.69) is 0 Å². The van der Waals surface area contributed by atoms with Gasteiger partial charge in [0.2, 0.25) is 5.91 Å². The lowest BCUT2D eigenvalue weighted by Gasteiger charge is -2.29. The molecule has 34 heavy (non-hydrogen) atoms. The van der Waals surface area contributed by atoms with Crippen LogP contribution < -0.4 is 13.9 Å². The van der Waals surface area contributed by atoms with Crippen molar-refractivity contribution in [2.24, 2.45) is 0 Å². The van der Waals surface area contributed by atoms with Crippen molar-refractivity contribution >= 4 is 39.1 Å². The van der Waals surface area contributed by atoms with Gasteiger partial charge >= 0.3 is 0 Å². The maximum Gasteiger partial charge on any atom is 0.264 e. The molecular weight excluding hydrogens is 468 g/mol. The quantitative estimate of drug-likeness (QED) is 0.412. The molecule has 1 atom stereocenters. The minimum Gasteiger partial charge on any atom is -0.492 e. The standard InChI is InChI=1S/C26H28N2O4S2/c1-4-32-25-12-8-7-11-24(25)27(34(30,31)22-15-13-21(33-3)14-16-22)18-26(29)28-19(2)17-20-9-5-6-10-23(20)28/h5-16,19H,4,17-18H2,1-3H3/t19-/m0/s1. The van der Waals surface area contributed by atoms with Crippen LogP contribution >= 0.6 is 11.8 Å². The van der Waals surface area contributed by atoms with Crippen LogP contribution in [0.2, 0.25) is 0 Å². The maximum absolute atomic E-state index is 13.9. The predicted octanol–water partition coefficient (Wildman–Crippen LogP) is 4.98. The lowest BCUT2D eigenvalue weighted by molar-refractivity contribution is -0.117. The van der Waals surface area contributed by atoms with Crippen molar-refractivity contribution in [3.8, 4) is 5.75 Å². The monoisotopic (exact) mass is 496 g/mol.